The summed E-state index contributed by atoms with van der Waals surface area (Å²) in [7, 11) is 0. The summed E-state index contributed by atoms with van der Waals surface area (Å²) in [4.78, 5) is 21.7. The average molecular weight is 378 g/mol. The fourth-order valence-electron chi connectivity index (χ4n) is 2.72. The number of nitrogens with one attached hydrogen (secondary N) is 2. The van der Waals surface area contributed by atoms with Crippen molar-refractivity contribution in [1.29, 1.82) is 0 Å². The lowest BCUT2D eigenvalue weighted by Crippen LogP contribution is -2.25. The number of rotatable bonds is 2. The molecule has 0 atom stereocenters. The number of carbonyl (C=O) groups is 2. The monoisotopic (exact) mass is 378 g/mol. The van der Waals surface area contributed by atoms with E-state index in [2.05, 4.69) is 21.1 Å². The molecule has 0 aliphatic carbocycles. The van der Waals surface area contributed by atoms with E-state index in [0.29, 0.717) is 25.7 Å². The smallest absolute Gasteiger partial charge is 0.240 e. The van der Waals surface area contributed by atoms with Gasteiger partial charge in [-0.1, -0.05) is 24.3 Å². The zero-order valence-corrected chi connectivity index (χ0v) is 15.3. The minimum Gasteiger partial charge on any atom is -0.399 e. The van der Waals surface area contributed by atoms with Gasteiger partial charge in [0.2, 0.25) is 11.8 Å². The topological polar surface area (TPSA) is 135 Å². The SMILES string of the molecule is Nc1ccc(C2=NNC(=O)CC2)cc1.Nc1ccc(C2=NNC(=O)CC2)cc1. The maximum Gasteiger partial charge on any atom is 0.240 e. The molecule has 6 N–H and O–H groups in total. The first-order valence-electron chi connectivity index (χ1n) is 8.94. The van der Waals surface area contributed by atoms with Crippen molar-refractivity contribution in [3.63, 3.8) is 0 Å². The molecule has 2 heterocycles. The van der Waals surface area contributed by atoms with Gasteiger partial charge in [-0.2, -0.15) is 10.2 Å². The number of hydrogen-bond donors (Lipinski definition) is 4. The highest BCUT2D eigenvalue weighted by molar-refractivity contribution is 6.04. The van der Waals surface area contributed by atoms with E-state index in [4.69, 9.17) is 11.5 Å². The zero-order chi connectivity index (χ0) is 19.9. The van der Waals surface area contributed by atoms with Crippen molar-refractivity contribution >= 4 is 34.6 Å². The Morgan fingerprint density at radius 1 is 0.607 bits per heavy atom. The molecule has 0 saturated heterocycles. The van der Waals surface area contributed by atoms with Crippen LogP contribution in [0.3, 0.4) is 0 Å². The first-order chi connectivity index (χ1) is 13.5. The fourth-order valence-corrected chi connectivity index (χ4v) is 2.72. The predicted molar refractivity (Wildman–Crippen MR) is 110 cm³/mol. The summed E-state index contributed by atoms with van der Waals surface area (Å²) in [6, 6.07) is 14.9. The number of nitrogens with zero attached hydrogens (tertiary/aromatic N) is 2. The van der Waals surface area contributed by atoms with E-state index in [1.807, 2.05) is 48.5 Å². The Hall–Kier alpha value is -3.68. The normalized spacial score (nSPS) is 16.0. The van der Waals surface area contributed by atoms with Gasteiger partial charge in [-0.3, -0.25) is 9.59 Å². The molecule has 8 nitrogen and oxygen atoms in total. The average Bonchev–Trinajstić information content (AvgIpc) is 2.71. The second-order valence-electron chi connectivity index (χ2n) is 6.43. The molecule has 2 aliphatic rings. The first-order valence-corrected chi connectivity index (χ1v) is 8.94. The van der Waals surface area contributed by atoms with E-state index in [9.17, 15) is 9.59 Å². The summed E-state index contributed by atoms with van der Waals surface area (Å²) in [6.45, 7) is 0. The van der Waals surface area contributed by atoms with Crippen LogP contribution in [-0.4, -0.2) is 23.2 Å². The number of hydrazone groups is 2. The molecule has 2 aromatic rings. The first kappa shape index (κ1) is 19.1. The van der Waals surface area contributed by atoms with Crippen molar-refractivity contribution in [2.24, 2.45) is 10.2 Å². The Morgan fingerprint density at radius 2 is 0.964 bits per heavy atom. The molecule has 0 spiro atoms. The van der Waals surface area contributed by atoms with E-state index in [0.717, 1.165) is 33.9 Å². The summed E-state index contributed by atoms with van der Waals surface area (Å²) in [5.74, 6) is -0.0478. The number of benzene rings is 2. The molecule has 0 bridgehead atoms. The Balaban J connectivity index is 0.000000161. The van der Waals surface area contributed by atoms with E-state index >= 15 is 0 Å². The molecule has 2 amide bonds. The van der Waals surface area contributed by atoms with Gasteiger partial charge in [-0.15, -0.1) is 0 Å². The molecule has 0 fully saturated rings. The van der Waals surface area contributed by atoms with Crippen LogP contribution in [0.4, 0.5) is 11.4 Å². The maximum atomic E-state index is 10.9. The van der Waals surface area contributed by atoms with Crippen LogP contribution in [0, 0.1) is 0 Å². The van der Waals surface area contributed by atoms with Gasteiger partial charge in [0.05, 0.1) is 11.4 Å². The summed E-state index contributed by atoms with van der Waals surface area (Å²) in [6.07, 6.45) is 2.39. The van der Waals surface area contributed by atoms with Crippen molar-refractivity contribution in [2.45, 2.75) is 25.7 Å². The molecule has 0 aromatic heterocycles. The van der Waals surface area contributed by atoms with Crippen molar-refractivity contribution < 1.29 is 9.59 Å². The predicted octanol–water partition coefficient (Wildman–Crippen LogP) is 1.77. The molecule has 0 saturated carbocycles. The third kappa shape index (κ3) is 5.16. The Kier molecular flexibility index (Phi) is 6.01. The lowest BCUT2D eigenvalue weighted by Gasteiger charge is -2.11. The largest absolute Gasteiger partial charge is 0.399 e. The van der Waals surface area contributed by atoms with Crippen LogP contribution in [0.1, 0.15) is 36.8 Å². The number of anilines is 2. The lowest BCUT2D eigenvalue weighted by atomic mass is 10.0. The second kappa shape index (κ2) is 8.81. The zero-order valence-electron chi connectivity index (χ0n) is 15.3. The van der Waals surface area contributed by atoms with Crippen LogP contribution in [-0.2, 0) is 9.59 Å². The van der Waals surface area contributed by atoms with Crippen LogP contribution in [0.15, 0.2) is 58.7 Å². The highest BCUT2D eigenvalue weighted by Crippen LogP contribution is 2.13. The van der Waals surface area contributed by atoms with Crippen molar-refractivity contribution in [3.8, 4) is 0 Å². The molecule has 4 rings (SSSR count). The molecule has 2 aliphatic heterocycles. The Bertz CT molecular complexity index is 839. The van der Waals surface area contributed by atoms with Gasteiger partial charge in [0.15, 0.2) is 0 Å². The lowest BCUT2D eigenvalue weighted by molar-refractivity contribution is -0.122. The van der Waals surface area contributed by atoms with Crippen molar-refractivity contribution in [1.82, 2.24) is 10.9 Å². The summed E-state index contributed by atoms with van der Waals surface area (Å²) >= 11 is 0. The van der Waals surface area contributed by atoms with E-state index in [1.54, 1.807) is 0 Å². The van der Waals surface area contributed by atoms with Crippen molar-refractivity contribution in [2.75, 3.05) is 11.5 Å². The van der Waals surface area contributed by atoms with E-state index in [-0.39, 0.29) is 11.8 Å². The molecule has 8 heteroatoms. The van der Waals surface area contributed by atoms with Gasteiger partial charge in [-0.05, 0) is 35.4 Å². The summed E-state index contributed by atoms with van der Waals surface area (Å²) in [5, 5.41) is 7.97. The quantitative estimate of drug-likeness (QED) is 0.592. The minimum absolute atomic E-state index is 0.0239. The number of nitrogen functional groups attached to an aromatic ring is 2. The third-order valence-corrected chi connectivity index (χ3v) is 4.30. The molecule has 0 radical (unpaired) electrons. The van der Waals surface area contributed by atoms with Crippen LogP contribution in [0.5, 0.6) is 0 Å². The van der Waals surface area contributed by atoms with Crippen molar-refractivity contribution in [3.05, 3.63) is 59.7 Å². The van der Waals surface area contributed by atoms with Crippen LogP contribution in [0.25, 0.3) is 0 Å². The molecule has 28 heavy (non-hydrogen) atoms. The van der Waals surface area contributed by atoms with E-state index in [1.165, 1.54) is 0 Å². The molecular weight excluding hydrogens is 356 g/mol. The number of hydrogen-bond acceptors (Lipinski definition) is 6. The van der Waals surface area contributed by atoms with Gasteiger partial charge >= 0.3 is 0 Å². The standard InChI is InChI=1S/2C10H11N3O/c2*11-8-3-1-7(2-4-8)9-5-6-10(14)13-12-9/h2*1-4H,5-6,11H2,(H,13,14). The number of nitrogens with two attached hydrogens (primary N) is 2. The summed E-state index contributed by atoms with van der Waals surface area (Å²) in [5.41, 5.74) is 21.4. The maximum absolute atomic E-state index is 10.9. The minimum atomic E-state index is -0.0239. The molecule has 144 valence electrons. The highest BCUT2D eigenvalue weighted by atomic mass is 16.2. The van der Waals surface area contributed by atoms with Gasteiger partial charge in [0, 0.05) is 37.1 Å². The molecule has 2 aromatic carbocycles. The van der Waals surface area contributed by atoms with Gasteiger partial charge in [-0.25, -0.2) is 10.9 Å². The number of carbonyl (C=O) groups excluding carboxylic acids is 2. The Morgan fingerprint density at radius 3 is 1.25 bits per heavy atom. The highest BCUT2D eigenvalue weighted by Gasteiger charge is 2.13. The van der Waals surface area contributed by atoms with E-state index < -0.39 is 0 Å². The molecule has 0 unspecified atom stereocenters. The van der Waals surface area contributed by atoms with Gasteiger partial charge in [0.1, 0.15) is 0 Å². The second-order valence-corrected chi connectivity index (χ2v) is 6.43. The fraction of sp³-hybridized carbons (Fsp3) is 0.200. The van der Waals surface area contributed by atoms with Crippen LogP contribution >= 0.6 is 0 Å². The Labute approximate surface area is 162 Å². The summed E-state index contributed by atoms with van der Waals surface area (Å²) < 4.78 is 0. The van der Waals surface area contributed by atoms with Crippen LogP contribution < -0.4 is 22.3 Å². The molecular formula is C20H22N6O2. The van der Waals surface area contributed by atoms with Gasteiger partial charge in [0.25, 0.3) is 0 Å². The van der Waals surface area contributed by atoms with Gasteiger partial charge < -0.3 is 11.5 Å². The number of amides is 2. The van der Waals surface area contributed by atoms with Crippen LogP contribution in [0.2, 0.25) is 0 Å². The third-order valence-electron chi connectivity index (χ3n) is 4.30.